The van der Waals surface area contributed by atoms with Crippen LogP contribution in [0, 0.1) is 11.7 Å². The Bertz CT molecular complexity index is 1950. The van der Waals surface area contributed by atoms with Gasteiger partial charge in [-0.2, -0.15) is 9.40 Å². The fourth-order valence-corrected chi connectivity index (χ4v) is 8.29. The van der Waals surface area contributed by atoms with Crippen molar-refractivity contribution in [2.24, 2.45) is 5.92 Å². The lowest BCUT2D eigenvalue weighted by Crippen LogP contribution is -2.40. The van der Waals surface area contributed by atoms with Crippen molar-refractivity contribution in [1.82, 2.24) is 19.0 Å². The largest absolute Gasteiger partial charge is 0.466 e. The molecule has 2 saturated heterocycles. The van der Waals surface area contributed by atoms with E-state index in [0.717, 1.165) is 23.0 Å². The van der Waals surface area contributed by atoms with Gasteiger partial charge < -0.3 is 4.74 Å². The number of hydrogen-bond donors (Lipinski definition) is 0. The number of rotatable bonds is 9. The second-order valence-corrected chi connectivity index (χ2v) is 14.7. The van der Waals surface area contributed by atoms with Crippen molar-refractivity contribution in [2.45, 2.75) is 31.2 Å². The molecule has 0 atom stereocenters. The number of ether oxygens (including phenoxy) is 1. The molecule has 2 aliphatic heterocycles. The summed E-state index contributed by atoms with van der Waals surface area (Å²) in [5.74, 6) is -1.26. The first kappa shape index (κ1) is 32.8. The average Bonchev–Trinajstić information content (AvgIpc) is 3.62. The van der Waals surface area contributed by atoms with E-state index in [9.17, 15) is 22.4 Å². The number of sulfonamides is 1. The molecule has 1 amide bonds. The molecule has 0 aliphatic carbocycles. The number of nitrogens with zero attached hydrogens (tertiary/aromatic N) is 4. The van der Waals surface area contributed by atoms with Crippen LogP contribution in [-0.2, 0) is 30.9 Å². The number of thioether (sulfide) groups is 1. The first-order valence-corrected chi connectivity index (χ1v) is 17.7. The number of thiocarbonyl (C=S) groups is 1. The molecule has 1 aromatic heterocycles. The van der Waals surface area contributed by atoms with Crippen molar-refractivity contribution in [3.8, 4) is 16.9 Å². The predicted molar refractivity (Wildman–Crippen MR) is 182 cm³/mol. The van der Waals surface area contributed by atoms with E-state index >= 15 is 0 Å². The van der Waals surface area contributed by atoms with Crippen LogP contribution in [0.1, 0.15) is 30.9 Å². The van der Waals surface area contributed by atoms with Gasteiger partial charge in [0.25, 0.3) is 5.91 Å². The summed E-state index contributed by atoms with van der Waals surface area (Å²) in [4.78, 5) is 27.7. The minimum atomic E-state index is -3.86. The van der Waals surface area contributed by atoms with E-state index < -0.39 is 10.0 Å². The number of hydrogen-bond acceptors (Lipinski definition) is 8. The fourth-order valence-electron chi connectivity index (χ4n) is 5.53. The van der Waals surface area contributed by atoms with Gasteiger partial charge in [-0.3, -0.25) is 14.5 Å². The fraction of sp³-hybridized carbons (Fsp3) is 0.235. The highest BCUT2D eigenvalue weighted by atomic mass is 32.2. The van der Waals surface area contributed by atoms with Gasteiger partial charge in [-0.25, -0.2) is 17.5 Å². The maximum Gasteiger partial charge on any atom is 0.309 e. The molecule has 0 N–H and O–H groups in total. The van der Waals surface area contributed by atoms with E-state index in [-0.39, 0.29) is 54.7 Å². The van der Waals surface area contributed by atoms with Gasteiger partial charge in [-0.15, -0.1) is 0 Å². The van der Waals surface area contributed by atoms with Gasteiger partial charge in [0.1, 0.15) is 15.8 Å². The molecular weight excluding hydrogens is 660 g/mol. The van der Waals surface area contributed by atoms with Gasteiger partial charge in [0.2, 0.25) is 10.0 Å². The molecule has 0 saturated carbocycles. The van der Waals surface area contributed by atoms with Crippen LogP contribution in [0.4, 0.5) is 4.39 Å². The molecule has 6 rings (SSSR count). The summed E-state index contributed by atoms with van der Waals surface area (Å²) in [5, 5.41) is 4.82. The summed E-state index contributed by atoms with van der Waals surface area (Å²) in [6.07, 6.45) is 4.29. The molecule has 3 heterocycles. The third-order valence-corrected chi connectivity index (χ3v) is 11.3. The zero-order valence-corrected chi connectivity index (χ0v) is 27.9. The molecule has 2 fully saturated rings. The molecule has 242 valence electrons. The second-order valence-electron chi connectivity index (χ2n) is 11.1. The molecule has 2 aliphatic rings. The first-order valence-electron chi connectivity index (χ1n) is 15.1. The Morgan fingerprint density at radius 3 is 2.49 bits per heavy atom. The highest BCUT2D eigenvalue weighted by Crippen LogP contribution is 2.36. The summed E-state index contributed by atoms with van der Waals surface area (Å²) in [5.41, 5.74) is 3.15. The van der Waals surface area contributed by atoms with Gasteiger partial charge in [-0.1, -0.05) is 66.4 Å². The van der Waals surface area contributed by atoms with Gasteiger partial charge >= 0.3 is 5.97 Å². The van der Waals surface area contributed by atoms with E-state index in [4.69, 9.17) is 22.1 Å². The summed E-state index contributed by atoms with van der Waals surface area (Å²) in [7, 11) is -3.86. The minimum Gasteiger partial charge on any atom is -0.466 e. The Labute approximate surface area is 282 Å². The van der Waals surface area contributed by atoms with E-state index in [1.807, 2.05) is 30.3 Å². The van der Waals surface area contributed by atoms with E-state index in [1.54, 1.807) is 60.3 Å². The Kier molecular flexibility index (Phi) is 9.69. The lowest BCUT2D eigenvalue weighted by atomic mass is 9.98. The van der Waals surface area contributed by atoms with Crippen LogP contribution in [0.2, 0.25) is 0 Å². The number of benzene rings is 3. The van der Waals surface area contributed by atoms with Crippen molar-refractivity contribution in [3.63, 3.8) is 0 Å². The highest BCUT2D eigenvalue weighted by Gasteiger charge is 2.34. The number of esters is 1. The molecule has 3 aromatic carbocycles. The number of piperidine rings is 1. The van der Waals surface area contributed by atoms with Crippen LogP contribution in [0.3, 0.4) is 0 Å². The number of aromatic nitrogens is 2. The van der Waals surface area contributed by atoms with Crippen LogP contribution in [0.25, 0.3) is 23.0 Å². The molecular formula is C34H31FN4O5S3. The summed E-state index contributed by atoms with van der Waals surface area (Å²) in [6.45, 7) is 2.67. The number of amides is 1. The summed E-state index contributed by atoms with van der Waals surface area (Å²) < 4.78 is 49.5. The second kappa shape index (κ2) is 13.9. The van der Waals surface area contributed by atoms with Gasteiger partial charge in [0, 0.05) is 30.4 Å². The zero-order valence-electron chi connectivity index (χ0n) is 25.4. The molecule has 9 nitrogen and oxygen atoms in total. The third-order valence-electron chi connectivity index (χ3n) is 8.00. The topological polar surface area (TPSA) is 102 Å². The molecule has 0 spiro atoms. The Morgan fingerprint density at radius 1 is 1.06 bits per heavy atom. The maximum atomic E-state index is 13.7. The molecule has 0 unspecified atom stereocenters. The standard InChI is InChI=1S/C34H31FN4O5S3/c1-2-44-33(41)24-15-17-37(18-16-24)47(42,43)29-10-6-7-25(19-29)31-26(22-39(36-31)28-8-4-3-5-9-28)20-30-32(40)38(34(45)46-30)21-23-11-13-27(35)14-12-23/h3-14,19-20,22,24H,2,15-18,21H2,1H3. The van der Waals surface area contributed by atoms with Crippen LogP contribution < -0.4 is 0 Å². The highest BCUT2D eigenvalue weighted by molar-refractivity contribution is 8.26. The molecule has 47 heavy (non-hydrogen) atoms. The smallest absolute Gasteiger partial charge is 0.309 e. The zero-order chi connectivity index (χ0) is 33.1. The van der Waals surface area contributed by atoms with Gasteiger partial charge in [0.05, 0.1) is 34.6 Å². The summed E-state index contributed by atoms with van der Waals surface area (Å²) in [6, 6.07) is 21.9. The van der Waals surface area contributed by atoms with Crippen molar-refractivity contribution in [1.29, 1.82) is 0 Å². The van der Waals surface area contributed by atoms with Crippen molar-refractivity contribution in [2.75, 3.05) is 19.7 Å². The van der Waals surface area contributed by atoms with E-state index in [1.165, 1.54) is 21.3 Å². The molecule has 0 bridgehead atoms. The number of carbonyl (C=O) groups excluding carboxylic acids is 2. The maximum absolute atomic E-state index is 13.7. The van der Waals surface area contributed by atoms with E-state index in [0.29, 0.717) is 38.9 Å². The molecule has 0 radical (unpaired) electrons. The number of para-hydroxylation sites is 1. The van der Waals surface area contributed by atoms with Crippen molar-refractivity contribution in [3.05, 3.63) is 107 Å². The molecule has 13 heteroatoms. The predicted octanol–water partition coefficient (Wildman–Crippen LogP) is 6.04. The number of carbonyl (C=O) groups is 2. The Balaban J connectivity index is 1.31. The normalized spacial score (nSPS) is 17.1. The third kappa shape index (κ3) is 7.08. The lowest BCUT2D eigenvalue weighted by Gasteiger charge is -2.30. The Hall–Kier alpha value is -4.17. The first-order chi connectivity index (χ1) is 22.6. The van der Waals surface area contributed by atoms with Crippen LogP contribution in [0.5, 0.6) is 0 Å². The Morgan fingerprint density at radius 2 is 1.79 bits per heavy atom. The van der Waals surface area contributed by atoms with Crippen molar-refractivity contribution >= 4 is 56.3 Å². The SMILES string of the molecule is CCOC(=O)C1CCN(S(=O)(=O)c2cccc(-c3nn(-c4ccccc4)cc3C=C3SC(=S)N(Cc4ccc(F)cc4)C3=O)c2)CC1. The van der Waals surface area contributed by atoms with Crippen LogP contribution in [-0.4, -0.2) is 63.3 Å². The lowest BCUT2D eigenvalue weighted by molar-refractivity contribution is -0.149. The quantitative estimate of drug-likeness (QED) is 0.119. The van der Waals surface area contributed by atoms with Crippen LogP contribution in [0.15, 0.2) is 94.9 Å². The van der Waals surface area contributed by atoms with Gasteiger partial charge in [0.15, 0.2) is 0 Å². The average molecular weight is 691 g/mol. The van der Waals surface area contributed by atoms with Crippen LogP contribution >= 0.6 is 24.0 Å². The monoisotopic (exact) mass is 690 g/mol. The van der Waals surface area contributed by atoms with E-state index in [2.05, 4.69) is 0 Å². The van der Waals surface area contributed by atoms with Crippen molar-refractivity contribution < 1.29 is 27.1 Å². The van der Waals surface area contributed by atoms with Gasteiger partial charge in [-0.05, 0) is 67.8 Å². The number of halogens is 1. The summed E-state index contributed by atoms with van der Waals surface area (Å²) >= 11 is 6.70. The molecule has 4 aromatic rings. The minimum absolute atomic E-state index is 0.107.